The zero-order chi connectivity index (χ0) is 11.9. The molecule has 0 radical (unpaired) electrons. The van der Waals surface area contributed by atoms with Gasteiger partial charge in [0.25, 0.3) is 0 Å². The van der Waals surface area contributed by atoms with E-state index >= 15 is 0 Å². The van der Waals surface area contributed by atoms with Crippen LogP contribution in [-0.4, -0.2) is 16.5 Å². The molecule has 0 aliphatic carbocycles. The van der Waals surface area contributed by atoms with Crippen molar-refractivity contribution in [1.82, 2.24) is 9.97 Å². The molecule has 0 unspecified atom stereocenters. The molecule has 2 aromatic rings. The van der Waals surface area contributed by atoms with E-state index in [1.165, 1.54) is 0 Å². The Kier molecular flexibility index (Phi) is 4.00. The second-order valence-corrected chi connectivity index (χ2v) is 3.67. The van der Waals surface area contributed by atoms with Crippen molar-refractivity contribution >= 4 is 5.57 Å². The summed E-state index contributed by atoms with van der Waals surface area (Å²) >= 11 is 0. The fourth-order valence-corrected chi connectivity index (χ4v) is 1.68. The number of nitrogens with two attached hydrogens (primary N) is 1. The molecule has 0 saturated heterocycles. The Morgan fingerprint density at radius 3 is 2.53 bits per heavy atom. The van der Waals surface area contributed by atoms with Gasteiger partial charge in [0.15, 0.2) is 0 Å². The molecule has 0 saturated carbocycles. The second kappa shape index (κ2) is 5.92. The van der Waals surface area contributed by atoms with E-state index in [0.717, 1.165) is 23.1 Å². The van der Waals surface area contributed by atoms with E-state index in [-0.39, 0.29) is 0 Å². The van der Waals surface area contributed by atoms with E-state index in [4.69, 9.17) is 5.73 Å². The summed E-state index contributed by atoms with van der Waals surface area (Å²) in [6.45, 7) is 0.648. The minimum atomic E-state index is 0.648. The number of aromatic nitrogens is 2. The molecule has 2 N–H and O–H groups in total. The van der Waals surface area contributed by atoms with E-state index in [9.17, 15) is 0 Å². The Morgan fingerprint density at radius 1 is 1.06 bits per heavy atom. The van der Waals surface area contributed by atoms with E-state index < -0.39 is 0 Å². The van der Waals surface area contributed by atoms with Gasteiger partial charge in [-0.25, -0.2) is 0 Å². The fourth-order valence-electron chi connectivity index (χ4n) is 1.68. The first kappa shape index (κ1) is 11.5. The summed E-state index contributed by atoms with van der Waals surface area (Å²) in [6.07, 6.45) is 10.2. The molecule has 2 rings (SSSR count). The third-order valence-corrected chi connectivity index (χ3v) is 2.48. The topological polar surface area (TPSA) is 51.8 Å². The van der Waals surface area contributed by atoms with Crippen LogP contribution in [0.15, 0.2) is 55.1 Å². The number of nitrogens with zero attached hydrogens (tertiary/aromatic N) is 2. The first-order valence-corrected chi connectivity index (χ1v) is 5.63. The van der Waals surface area contributed by atoms with Gasteiger partial charge in [-0.1, -0.05) is 12.1 Å². The summed E-state index contributed by atoms with van der Waals surface area (Å²) in [5.74, 6) is 0. The Labute approximate surface area is 101 Å². The number of hydrogen-bond donors (Lipinski definition) is 1. The highest BCUT2D eigenvalue weighted by Crippen LogP contribution is 2.22. The molecule has 2 heterocycles. The monoisotopic (exact) mass is 225 g/mol. The van der Waals surface area contributed by atoms with Gasteiger partial charge >= 0.3 is 0 Å². The lowest BCUT2D eigenvalue weighted by molar-refractivity contribution is 1.01. The van der Waals surface area contributed by atoms with Crippen molar-refractivity contribution in [2.24, 2.45) is 5.73 Å². The molecule has 3 nitrogen and oxygen atoms in total. The quantitative estimate of drug-likeness (QED) is 0.868. The van der Waals surface area contributed by atoms with Crippen molar-refractivity contribution in [2.45, 2.75) is 6.42 Å². The fraction of sp³-hybridized carbons (Fsp3) is 0.143. The standard InChI is InChI=1S/C14H15N3/c15-7-1-4-14(12-5-9-16-10-6-12)13-3-2-8-17-11-13/h2-6,8-11H,1,7,15H2. The van der Waals surface area contributed by atoms with Crippen molar-refractivity contribution in [3.63, 3.8) is 0 Å². The molecule has 17 heavy (non-hydrogen) atoms. The van der Waals surface area contributed by atoms with E-state index in [1.54, 1.807) is 18.6 Å². The van der Waals surface area contributed by atoms with Gasteiger partial charge in [0.2, 0.25) is 0 Å². The normalized spacial score (nSPS) is 11.5. The Balaban J connectivity index is 2.40. The van der Waals surface area contributed by atoms with Crippen molar-refractivity contribution in [3.05, 3.63) is 66.3 Å². The van der Waals surface area contributed by atoms with Crippen LogP contribution in [0.2, 0.25) is 0 Å². The molecule has 0 spiro atoms. The van der Waals surface area contributed by atoms with Crippen LogP contribution in [0.4, 0.5) is 0 Å². The van der Waals surface area contributed by atoms with Gasteiger partial charge in [0, 0.05) is 30.4 Å². The molecule has 86 valence electrons. The molecular formula is C14H15N3. The average molecular weight is 225 g/mol. The Morgan fingerprint density at radius 2 is 1.88 bits per heavy atom. The zero-order valence-corrected chi connectivity index (χ0v) is 9.58. The van der Waals surface area contributed by atoms with Crippen molar-refractivity contribution in [2.75, 3.05) is 6.54 Å². The molecule has 0 bridgehead atoms. The highest BCUT2D eigenvalue weighted by molar-refractivity contribution is 5.79. The van der Waals surface area contributed by atoms with Crippen molar-refractivity contribution in [3.8, 4) is 0 Å². The maximum Gasteiger partial charge on any atom is 0.0346 e. The van der Waals surface area contributed by atoms with Gasteiger partial charge in [0.05, 0.1) is 0 Å². The lowest BCUT2D eigenvalue weighted by atomic mass is 9.99. The van der Waals surface area contributed by atoms with Crippen LogP contribution < -0.4 is 5.73 Å². The first-order valence-electron chi connectivity index (χ1n) is 5.63. The molecule has 0 fully saturated rings. The molecule has 0 aliphatic rings. The van der Waals surface area contributed by atoms with Crippen LogP contribution in [0, 0.1) is 0 Å². The van der Waals surface area contributed by atoms with Gasteiger partial charge in [-0.2, -0.15) is 0 Å². The minimum Gasteiger partial charge on any atom is -0.330 e. The van der Waals surface area contributed by atoms with E-state index in [0.29, 0.717) is 6.54 Å². The van der Waals surface area contributed by atoms with Crippen LogP contribution in [0.25, 0.3) is 5.57 Å². The van der Waals surface area contributed by atoms with Crippen LogP contribution >= 0.6 is 0 Å². The summed E-state index contributed by atoms with van der Waals surface area (Å²) < 4.78 is 0. The predicted molar refractivity (Wildman–Crippen MR) is 69.2 cm³/mol. The first-order chi connectivity index (χ1) is 8.42. The summed E-state index contributed by atoms with van der Waals surface area (Å²) in [4.78, 5) is 8.19. The van der Waals surface area contributed by atoms with Crippen LogP contribution in [-0.2, 0) is 0 Å². The summed E-state index contributed by atoms with van der Waals surface area (Å²) in [6, 6.07) is 7.98. The SMILES string of the molecule is NCCC=C(c1ccncc1)c1cccnc1. The van der Waals surface area contributed by atoms with Crippen LogP contribution in [0.1, 0.15) is 17.5 Å². The Bertz CT molecular complexity index is 436. The second-order valence-electron chi connectivity index (χ2n) is 3.67. The largest absolute Gasteiger partial charge is 0.330 e. The number of rotatable bonds is 4. The van der Waals surface area contributed by atoms with Gasteiger partial charge < -0.3 is 5.73 Å². The van der Waals surface area contributed by atoms with Gasteiger partial charge in [0.1, 0.15) is 0 Å². The van der Waals surface area contributed by atoms with E-state index in [1.807, 2.05) is 24.4 Å². The summed E-state index contributed by atoms with van der Waals surface area (Å²) in [5.41, 5.74) is 8.96. The molecule has 0 atom stereocenters. The van der Waals surface area contributed by atoms with Crippen molar-refractivity contribution < 1.29 is 0 Å². The molecule has 2 aromatic heterocycles. The van der Waals surface area contributed by atoms with Crippen molar-refractivity contribution in [1.29, 1.82) is 0 Å². The lowest BCUT2D eigenvalue weighted by Crippen LogP contribution is -1.97. The maximum absolute atomic E-state index is 5.56. The van der Waals surface area contributed by atoms with Gasteiger partial charge in [-0.15, -0.1) is 0 Å². The predicted octanol–water partition coefficient (Wildman–Crippen LogP) is 2.26. The molecule has 0 aliphatic heterocycles. The highest BCUT2D eigenvalue weighted by Gasteiger charge is 2.03. The number of hydrogen-bond acceptors (Lipinski definition) is 3. The minimum absolute atomic E-state index is 0.648. The molecular weight excluding hydrogens is 210 g/mol. The molecule has 3 heteroatoms. The number of pyridine rings is 2. The van der Waals surface area contributed by atoms with Gasteiger partial charge in [-0.3, -0.25) is 9.97 Å². The maximum atomic E-state index is 5.56. The smallest absolute Gasteiger partial charge is 0.0346 e. The Hall–Kier alpha value is -2.00. The van der Waals surface area contributed by atoms with E-state index in [2.05, 4.69) is 22.1 Å². The summed E-state index contributed by atoms with van der Waals surface area (Å²) in [5, 5.41) is 0. The van der Waals surface area contributed by atoms with Crippen LogP contribution in [0.5, 0.6) is 0 Å². The summed E-state index contributed by atoms with van der Waals surface area (Å²) in [7, 11) is 0. The van der Waals surface area contributed by atoms with Gasteiger partial charge in [-0.05, 0) is 42.3 Å². The average Bonchev–Trinajstić information content (AvgIpc) is 2.42. The van der Waals surface area contributed by atoms with Crippen LogP contribution in [0.3, 0.4) is 0 Å². The third kappa shape index (κ3) is 2.98. The molecule has 0 aromatic carbocycles. The zero-order valence-electron chi connectivity index (χ0n) is 9.58. The molecule has 0 amide bonds. The lowest BCUT2D eigenvalue weighted by Gasteiger charge is -2.07. The third-order valence-electron chi connectivity index (χ3n) is 2.48. The highest BCUT2D eigenvalue weighted by atomic mass is 14.6.